The SMILES string of the molecule is COc1ccc(CN=C(CC(C)C)N(C)C)cc1. The Hall–Kier alpha value is -1.51. The van der Waals surface area contributed by atoms with Gasteiger partial charge in [-0.2, -0.15) is 0 Å². The van der Waals surface area contributed by atoms with Gasteiger partial charge in [-0.05, 0) is 23.6 Å². The van der Waals surface area contributed by atoms with Crippen LogP contribution in [0, 0.1) is 5.92 Å². The van der Waals surface area contributed by atoms with Crippen LogP contribution in [0.1, 0.15) is 25.8 Å². The highest BCUT2D eigenvalue weighted by Gasteiger charge is 2.05. The maximum Gasteiger partial charge on any atom is 0.118 e. The topological polar surface area (TPSA) is 24.8 Å². The van der Waals surface area contributed by atoms with Crippen molar-refractivity contribution in [2.24, 2.45) is 10.9 Å². The Kier molecular flexibility index (Phi) is 5.69. The molecule has 0 bridgehead atoms. The second kappa shape index (κ2) is 7.04. The van der Waals surface area contributed by atoms with E-state index < -0.39 is 0 Å². The smallest absolute Gasteiger partial charge is 0.118 e. The van der Waals surface area contributed by atoms with Crippen LogP contribution in [-0.4, -0.2) is 31.9 Å². The van der Waals surface area contributed by atoms with Crippen molar-refractivity contribution in [3.63, 3.8) is 0 Å². The molecular formula is C15H24N2O. The van der Waals surface area contributed by atoms with E-state index >= 15 is 0 Å². The zero-order valence-electron chi connectivity index (χ0n) is 12.1. The van der Waals surface area contributed by atoms with Crippen LogP contribution < -0.4 is 4.74 Å². The van der Waals surface area contributed by atoms with E-state index in [1.54, 1.807) is 7.11 Å². The summed E-state index contributed by atoms with van der Waals surface area (Å²) in [6, 6.07) is 8.07. The normalized spacial score (nSPS) is 11.8. The predicted molar refractivity (Wildman–Crippen MR) is 77.3 cm³/mol. The van der Waals surface area contributed by atoms with Crippen LogP contribution in [0.4, 0.5) is 0 Å². The molecule has 0 aliphatic heterocycles. The molecule has 0 saturated carbocycles. The highest BCUT2D eigenvalue weighted by atomic mass is 16.5. The van der Waals surface area contributed by atoms with E-state index in [4.69, 9.17) is 9.73 Å². The largest absolute Gasteiger partial charge is 0.497 e. The third-order valence-corrected chi connectivity index (χ3v) is 2.71. The fraction of sp³-hybridized carbons (Fsp3) is 0.533. The molecule has 0 aliphatic carbocycles. The van der Waals surface area contributed by atoms with Gasteiger partial charge in [0.2, 0.25) is 0 Å². The summed E-state index contributed by atoms with van der Waals surface area (Å²) in [5, 5.41) is 0. The molecule has 0 fully saturated rings. The fourth-order valence-electron chi connectivity index (χ4n) is 1.67. The minimum Gasteiger partial charge on any atom is -0.497 e. The molecule has 0 heterocycles. The molecule has 0 saturated heterocycles. The Morgan fingerprint density at radius 2 is 1.83 bits per heavy atom. The van der Waals surface area contributed by atoms with Crippen LogP contribution in [0.5, 0.6) is 5.75 Å². The van der Waals surface area contributed by atoms with Gasteiger partial charge < -0.3 is 9.64 Å². The molecular weight excluding hydrogens is 224 g/mol. The van der Waals surface area contributed by atoms with Gasteiger partial charge in [-0.3, -0.25) is 4.99 Å². The zero-order chi connectivity index (χ0) is 13.5. The molecule has 3 nitrogen and oxygen atoms in total. The Labute approximate surface area is 110 Å². The highest BCUT2D eigenvalue weighted by molar-refractivity contribution is 5.82. The summed E-state index contributed by atoms with van der Waals surface area (Å²) in [5.74, 6) is 2.67. The predicted octanol–water partition coefficient (Wildman–Crippen LogP) is 3.20. The number of aliphatic imine (C=N–C) groups is 1. The van der Waals surface area contributed by atoms with Gasteiger partial charge in [0.15, 0.2) is 0 Å². The highest BCUT2D eigenvalue weighted by Crippen LogP contribution is 2.12. The Morgan fingerprint density at radius 1 is 1.22 bits per heavy atom. The van der Waals surface area contributed by atoms with Crippen molar-refractivity contribution in [3.8, 4) is 5.75 Å². The third kappa shape index (κ3) is 4.78. The Balaban J connectivity index is 2.68. The molecule has 0 atom stereocenters. The first-order valence-corrected chi connectivity index (χ1v) is 6.36. The second-order valence-corrected chi connectivity index (χ2v) is 5.07. The number of benzene rings is 1. The quantitative estimate of drug-likeness (QED) is 0.590. The second-order valence-electron chi connectivity index (χ2n) is 5.07. The van der Waals surface area contributed by atoms with Gasteiger partial charge in [0.1, 0.15) is 5.75 Å². The lowest BCUT2D eigenvalue weighted by Gasteiger charge is -2.17. The number of rotatable bonds is 5. The Morgan fingerprint density at radius 3 is 2.28 bits per heavy atom. The summed E-state index contributed by atoms with van der Waals surface area (Å²) in [6.07, 6.45) is 1.02. The lowest BCUT2D eigenvalue weighted by atomic mass is 10.1. The van der Waals surface area contributed by atoms with Crippen molar-refractivity contribution in [2.75, 3.05) is 21.2 Å². The number of methoxy groups -OCH3 is 1. The van der Waals surface area contributed by atoms with Crippen molar-refractivity contribution in [1.82, 2.24) is 4.90 Å². The van der Waals surface area contributed by atoms with E-state index in [0.717, 1.165) is 24.6 Å². The number of hydrogen-bond donors (Lipinski definition) is 0. The van der Waals surface area contributed by atoms with Gasteiger partial charge in [0.25, 0.3) is 0 Å². The fourth-order valence-corrected chi connectivity index (χ4v) is 1.67. The van der Waals surface area contributed by atoms with E-state index in [1.807, 2.05) is 12.1 Å². The van der Waals surface area contributed by atoms with Crippen molar-refractivity contribution in [2.45, 2.75) is 26.8 Å². The summed E-state index contributed by atoms with van der Waals surface area (Å²) < 4.78 is 5.14. The molecule has 0 spiro atoms. The molecule has 0 N–H and O–H groups in total. The number of ether oxygens (including phenoxy) is 1. The average Bonchev–Trinajstić information content (AvgIpc) is 2.34. The minimum absolute atomic E-state index is 0.627. The third-order valence-electron chi connectivity index (χ3n) is 2.71. The molecule has 1 aromatic rings. The van der Waals surface area contributed by atoms with E-state index in [1.165, 1.54) is 5.56 Å². The first-order chi connectivity index (χ1) is 8.52. The van der Waals surface area contributed by atoms with Crippen LogP contribution >= 0.6 is 0 Å². The van der Waals surface area contributed by atoms with Crippen molar-refractivity contribution in [1.29, 1.82) is 0 Å². The molecule has 3 heteroatoms. The molecule has 0 radical (unpaired) electrons. The van der Waals surface area contributed by atoms with E-state index in [-0.39, 0.29) is 0 Å². The molecule has 1 aromatic carbocycles. The maximum absolute atomic E-state index is 5.14. The minimum atomic E-state index is 0.627. The van der Waals surface area contributed by atoms with Gasteiger partial charge in [0, 0.05) is 20.5 Å². The molecule has 18 heavy (non-hydrogen) atoms. The lowest BCUT2D eigenvalue weighted by Crippen LogP contribution is -2.23. The standard InChI is InChI=1S/C15H24N2O/c1-12(2)10-15(17(3)4)16-11-13-6-8-14(18-5)9-7-13/h6-9,12H,10-11H2,1-5H3. The number of hydrogen-bond acceptors (Lipinski definition) is 2. The molecule has 0 amide bonds. The first-order valence-electron chi connectivity index (χ1n) is 6.36. The average molecular weight is 248 g/mol. The molecule has 0 aliphatic rings. The van der Waals surface area contributed by atoms with Crippen LogP contribution in [0.3, 0.4) is 0 Å². The van der Waals surface area contributed by atoms with Crippen molar-refractivity contribution >= 4 is 5.84 Å². The summed E-state index contributed by atoms with van der Waals surface area (Å²) in [7, 11) is 5.78. The maximum atomic E-state index is 5.14. The van der Waals surface area contributed by atoms with E-state index in [0.29, 0.717) is 5.92 Å². The lowest BCUT2D eigenvalue weighted by molar-refractivity contribution is 0.414. The van der Waals surface area contributed by atoms with Gasteiger partial charge in [-0.25, -0.2) is 0 Å². The van der Waals surface area contributed by atoms with Gasteiger partial charge in [0.05, 0.1) is 19.5 Å². The molecule has 0 unspecified atom stereocenters. The van der Waals surface area contributed by atoms with Crippen LogP contribution in [0.25, 0.3) is 0 Å². The zero-order valence-corrected chi connectivity index (χ0v) is 12.1. The van der Waals surface area contributed by atoms with Crippen LogP contribution in [-0.2, 0) is 6.54 Å². The summed E-state index contributed by atoms with van der Waals surface area (Å²) >= 11 is 0. The molecule has 100 valence electrons. The van der Waals surface area contributed by atoms with Crippen LogP contribution in [0.15, 0.2) is 29.3 Å². The number of nitrogens with zero attached hydrogens (tertiary/aromatic N) is 2. The van der Waals surface area contributed by atoms with E-state index in [9.17, 15) is 0 Å². The molecule has 0 aromatic heterocycles. The van der Waals surface area contributed by atoms with Crippen molar-refractivity contribution < 1.29 is 4.74 Å². The summed E-state index contributed by atoms with van der Waals surface area (Å²) in [4.78, 5) is 6.79. The van der Waals surface area contributed by atoms with E-state index in [2.05, 4.69) is 45.0 Å². The van der Waals surface area contributed by atoms with Gasteiger partial charge in [-0.15, -0.1) is 0 Å². The summed E-state index contributed by atoms with van der Waals surface area (Å²) in [5.41, 5.74) is 1.21. The van der Waals surface area contributed by atoms with Gasteiger partial charge >= 0.3 is 0 Å². The number of amidine groups is 1. The van der Waals surface area contributed by atoms with Crippen molar-refractivity contribution in [3.05, 3.63) is 29.8 Å². The summed E-state index contributed by atoms with van der Waals surface area (Å²) in [6.45, 7) is 5.16. The van der Waals surface area contributed by atoms with Crippen LogP contribution in [0.2, 0.25) is 0 Å². The monoisotopic (exact) mass is 248 g/mol. The first kappa shape index (κ1) is 14.6. The Bertz CT molecular complexity index is 380. The van der Waals surface area contributed by atoms with Gasteiger partial charge in [-0.1, -0.05) is 26.0 Å². The molecule has 1 rings (SSSR count).